The molecule has 2 unspecified atom stereocenters. The van der Waals surface area contributed by atoms with Crippen molar-refractivity contribution < 1.29 is 0 Å². The van der Waals surface area contributed by atoms with Crippen LogP contribution in [-0.4, -0.2) is 16.2 Å². The molecule has 2 aliphatic carbocycles. The Kier molecular flexibility index (Phi) is 8.15. The molecule has 0 fully saturated rings. The summed E-state index contributed by atoms with van der Waals surface area (Å²) in [7, 11) is 0. The molecule has 4 nitrogen and oxygen atoms in total. The molecule has 70 heavy (non-hydrogen) atoms. The first-order valence-corrected chi connectivity index (χ1v) is 24.4. The van der Waals surface area contributed by atoms with Gasteiger partial charge in [-0.15, -0.1) is 0 Å². The predicted octanol–water partition coefficient (Wildman–Crippen LogP) is 15.8. The molecule has 4 heteroatoms. The van der Waals surface area contributed by atoms with E-state index in [0.717, 1.165) is 45.4 Å². The Balaban J connectivity index is 0.963. The van der Waals surface area contributed by atoms with Crippen molar-refractivity contribution in [3.63, 3.8) is 0 Å². The molecule has 15 rings (SSSR count). The normalized spacial score (nSPS) is 17.7. The number of hydrogen-bond acceptors (Lipinski definition) is 3. The lowest BCUT2D eigenvalue weighted by molar-refractivity contribution is 0.462. The van der Waals surface area contributed by atoms with E-state index in [1.807, 2.05) is 0 Å². The molecular weight excluding hydrogens is 849 g/mol. The van der Waals surface area contributed by atoms with Gasteiger partial charge in [0.25, 0.3) is 0 Å². The Morgan fingerprint density at radius 2 is 1.00 bits per heavy atom. The lowest BCUT2D eigenvalue weighted by Crippen LogP contribution is -2.40. The second-order valence-corrected chi connectivity index (χ2v) is 19.3. The molecule has 0 saturated carbocycles. The quantitative estimate of drug-likeness (QED) is 0.169. The van der Waals surface area contributed by atoms with Gasteiger partial charge in [0.1, 0.15) is 5.84 Å². The van der Waals surface area contributed by atoms with Crippen molar-refractivity contribution in [3.05, 3.63) is 282 Å². The standard InChI is InChI=1S/C66H44N4/c1-65(45-22-8-3-9-23-45)61-53-41-44(35-39-59(53)70(47-26-12-5-13-27-47)64(61)67-63(68-65)42-20-6-2-7-21-42)43-34-38-58-52(40-43)50-36-37-57-60(62(50)69(58)46-24-10-4-11-25-46)51-30-16-19-33-56(51)66(57)54-31-17-14-28-48(54)49-29-15-18-32-55(49)66/h2-41,61H,1H3. The molecule has 11 aromatic rings. The van der Waals surface area contributed by atoms with Crippen LogP contribution >= 0.6 is 0 Å². The number of aromatic nitrogens is 1. The first-order chi connectivity index (χ1) is 34.6. The van der Waals surface area contributed by atoms with Gasteiger partial charge in [-0.05, 0) is 117 Å². The Hall–Kier alpha value is -8.86. The highest BCUT2D eigenvalue weighted by Gasteiger charge is 2.53. The summed E-state index contributed by atoms with van der Waals surface area (Å²) in [6.45, 7) is 2.30. The molecule has 2 atom stereocenters. The third-order valence-corrected chi connectivity index (χ3v) is 15.8. The van der Waals surface area contributed by atoms with E-state index in [-0.39, 0.29) is 5.92 Å². The van der Waals surface area contributed by atoms with E-state index in [4.69, 9.17) is 9.98 Å². The minimum absolute atomic E-state index is 0.151. The highest BCUT2D eigenvalue weighted by Crippen LogP contribution is 2.64. The number of para-hydroxylation sites is 2. The number of aliphatic imine (C=N–C) groups is 2. The maximum absolute atomic E-state index is 5.63. The number of benzene rings is 10. The number of anilines is 2. The van der Waals surface area contributed by atoms with Gasteiger partial charge in [0.05, 0.1) is 33.6 Å². The summed E-state index contributed by atoms with van der Waals surface area (Å²) >= 11 is 0. The molecule has 328 valence electrons. The summed E-state index contributed by atoms with van der Waals surface area (Å²) in [6.07, 6.45) is 0. The predicted molar refractivity (Wildman–Crippen MR) is 288 cm³/mol. The molecule has 0 N–H and O–H groups in total. The minimum Gasteiger partial charge on any atom is -0.309 e. The van der Waals surface area contributed by atoms with Crippen LogP contribution in [0.3, 0.4) is 0 Å². The van der Waals surface area contributed by atoms with Crippen molar-refractivity contribution >= 4 is 44.9 Å². The fourth-order valence-corrected chi connectivity index (χ4v) is 12.9. The molecule has 0 saturated heterocycles. The van der Waals surface area contributed by atoms with Crippen LogP contribution < -0.4 is 4.90 Å². The van der Waals surface area contributed by atoms with Crippen LogP contribution in [0.2, 0.25) is 0 Å². The second kappa shape index (κ2) is 14.6. The summed E-state index contributed by atoms with van der Waals surface area (Å²) < 4.78 is 2.52. The summed E-state index contributed by atoms with van der Waals surface area (Å²) in [4.78, 5) is 13.5. The first kappa shape index (κ1) is 39.2. The number of amidine groups is 2. The van der Waals surface area contributed by atoms with Crippen molar-refractivity contribution in [3.8, 4) is 39.1 Å². The lowest BCUT2D eigenvalue weighted by Gasteiger charge is -2.37. The van der Waals surface area contributed by atoms with Crippen molar-refractivity contribution in [2.45, 2.75) is 23.8 Å². The molecular formula is C66H44N4. The van der Waals surface area contributed by atoms with E-state index in [9.17, 15) is 0 Å². The van der Waals surface area contributed by atoms with Crippen LogP contribution in [0.4, 0.5) is 11.4 Å². The zero-order valence-corrected chi connectivity index (χ0v) is 38.5. The summed E-state index contributed by atoms with van der Waals surface area (Å²) in [5.41, 5.74) is 21.0. The molecule has 0 radical (unpaired) electrons. The SMILES string of the molecule is CC1(c2ccccc2)N=C(c2ccccc2)N=C2C1c1cc(-c3ccc4c(c3)c3ccc5c(c3n4-c3ccccc3)-c3ccccc3C53c4ccccc4-c4ccccc43)ccc1N2c1ccccc1. The van der Waals surface area contributed by atoms with Crippen LogP contribution in [0.1, 0.15) is 51.8 Å². The molecule has 0 bridgehead atoms. The van der Waals surface area contributed by atoms with Crippen molar-refractivity contribution in [1.29, 1.82) is 0 Å². The topological polar surface area (TPSA) is 32.9 Å². The molecule has 1 aromatic heterocycles. The number of rotatable bonds is 5. The van der Waals surface area contributed by atoms with Gasteiger partial charge >= 0.3 is 0 Å². The highest BCUT2D eigenvalue weighted by molar-refractivity contribution is 6.22. The average molecular weight is 893 g/mol. The zero-order valence-electron chi connectivity index (χ0n) is 38.5. The van der Waals surface area contributed by atoms with E-state index in [1.54, 1.807) is 0 Å². The number of hydrogen-bond donors (Lipinski definition) is 0. The van der Waals surface area contributed by atoms with Crippen molar-refractivity contribution in [2.75, 3.05) is 4.90 Å². The maximum Gasteiger partial charge on any atom is 0.157 e. The fraction of sp³-hybridized carbons (Fsp3) is 0.0606. The van der Waals surface area contributed by atoms with Gasteiger partial charge in [0.2, 0.25) is 0 Å². The van der Waals surface area contributed by atoms with E-state index >= 15 is 0 Å². The monoisotopic (exact) mass is 892 g/mol. The Morgan fingerprint density at radius 3 is 1.69 bits per heavy atom. The van der Waals surface area contributed by atoms with Gasteiger partial charge in [0, 0.05) is 33.3 Å². The second-order valence-electron chi connectivity index (χ2n) is 19.3. The largest absolute Gasteiger partial charge is 0.309 e. The molecule has 4 aliphatic rings. The third-order valence-electron chi connectivity index (χ3n) is 15.8. The summed E-state index contributed by atoms with van der Waals surface area (Å²) in [5.74, 6) is 1.58. The van der Waals surface area contributed by atoms with Crippen LogP contribution in [0.15, 0.2) is 253 Å². The van der Waals surface area contributed by atoms with E-state index in [2.05, 4.69) is 259 Å². The zero-order chi connectivity index (χ0) is 46.1. The molecule has 3 heterocycles. The maximum atomic E-state index is 5.63. The van der Waals surface area contributed by atoms with Crippen LogP contribution in [0.5, 0.6) is 0 Å². The molecule has 0 amide bonds. The van der Waals surface area contributed by atoms with Gasteiger partial charge in [0.15, 0.2) is 5.84 Å². The molecule has 2 aliphatic heterocycles. The number of fused-ring (bicyclic) bond motifs is 17. The number of nitrogens with zero attached hydrogens (tertiary/aromatic N) is 4. The van der Waals surface area contributed by atoms with E-state index in [0.29, 0.717) is 0 Å². The fourth-order valence-electron chi connectivity index (χ4n) is 12.9. The van der Waals surface area contributed by atoms with Crippen LogP contribution in [-0.2, 0) is 11.0 Å². The summed E-state index contributed by atoms with van der Waals surface area (Å²) in [5, 5.41) is 2.46. The van der Waals surface area contributed by atoms with Crippen molar-refractivity contribution in [1.82, 2.24) is 4.57 Å². The third kappa shape index (κ3) is 5.20. The Labute approximate surface area is 406 Å². The van der Waals surface area contributed by atoms with Gasteiger partial charge in [-0.3, -0.25) is 9.89 Å². The lowest BCUT2D eigenvalue weighted by atomic mass is 9.70. The van der Waals surface area contributed by atoms with Crippen molar-refractivity contribution in [2.24, 2.45) is 9.98 Å². The van der Waals surface area contributed by atoms with Crippen LogP contribution in [0, 0.1) is 0 Å². The van der Waals surface area contributed by atoms with Gasteiger partial charge < -0.3 is 4.57 Å². The smallest absolute Gasteiger partial charge is 0.157 e. The summed E-state index contributed by atoms with van der Waals surface area (Å²) in [6, 6.07) is 89.1. The first-order valence-electron chi connectivity index (χ1n) is 24.4. The van der Waals surface area contributed by atoms with E-state index < -0.39 is 11.0 Å². The minimum atomic E-state index is -0.651. The van der Waals surface area contributed by atoms with Gasteiger partial charge in [-0.1, -0.05) is 194 Å². The van der Waals surface area contributed by atoms with Gasteiger partial charge in [-0.25, -0.2) is 4.99 Å². The Bertz CT molecular complexity index is 3970. The van der Waals surface area contributed by atoms with Crippen LogP contribution in [0.25, 0.3) is 60.9 Å². The molecule has 1 spiro atoms. The average Bonchev–Trinajstić information content (AvgIpc) is 4.14. The van der Waals surface area contributed by atoms with Gasteiger partial charge in [-0.2, -0.15) is 0 Å². The Morgan fingerprint density at radius 1 is 0.443 bits per heavy atom. The highest BCUT2D eigenvalue weighted by atomic mass is 15.3. The molecule has 10 aromatic carbocycles. The van der Waals surface area contributed by atoms with E-state index in [1.165, 1.54) is 77.4 Å².